The van der Waals surface area contributed by atoms with Crippen molar-refractivity contribution < 1.29 is 13.2 Å². The number of benzene rings is 4. The summed E-state index contributed by atoms with van der Waals surface area (Å²) < 4.78 is 27.0. The first-order chi connectivity index (χ1) is 22.9. The fourth-order valence-corrected chi connectivity index (χ4v) is 9.19. The van der Waals surface area contributed by atoms with E-state index in [0.29, 0.717) is 22.2 Å². The number of likely N-dealkylation sites (N-methyl/N-ethyl adjacent to an activating group) is 1. The summed E-state index contributed by atoms with van der Waals surface area (Å²) >= 11 is 13.0. The minimum Gasteiger partial charge on any atom is -0.334 e. The van der Waals surface area contributed by atoms with E-state index in [-0.39, 0.29) is 23.3 Å². The summed E-state index contributed by atoms with van der Waals surface area (Å²) in [7, 11) is -1.47. The fraction of sp³-hybridized carbons (Fsp3) is 0.359. The fourth-order valence-electron chi connectivity index (χ4n) is 7.89. The van der Waals surface area contributed by atoms with Crippen LogP contribution in [0.25, 0.3) is 0 Å². The zero-order chi connectivity index (χ0) is 34.2. The van der Waals surface area contributed by atoms with E-state index < -0.39 is 10.0 Å². The maximum absolute atomic E-state index is 14.2. The molecule has 4 aromatic carbocycles. The zero-order valence-corrected chi connectivity index (χ0v) is 30.3. The number of carbonyl (C=O) groups excluding carboxylic acids is 1. The molecule has 6 rings (SSSR count). The summed E-state index contributed by atoms with van der Waals surface area (Å²) in [5, 5.41) is 0.987. The van der Waals surface area contributed by atoms with Crippen LogP contribution < -0.4 is 4.31 Å². The van der Waals surface area contributed by atoms with Crippen molar-refractivity contribution in [2.75, 3.05) is 43.8 Å². The van der Waals surface area contributed by atoms with Crippen LogP contribution >= 0.6 is 23.2 Å². The monoisotopic (exact) mass is 703 g/mol. The third-order valence-corrected chi connectivity index (χ3v) is 12.1. The molecule has 2 heterocycles. The van der Waals surface area contributed by atoms with Crippen molar-refractivity contribution in [1.29, 1.82) is 0 Å². The van der Waals surface area contributed by atoms with E-state index in [1.54, 1.807) is 4.31 Å². The highest BCUT2D eigenvalue weighted by Gasteiger charge is 2.47. The molecule has 252 valence electrons. The first kappa shape index (κ1) is 34.5. The Hall–Kier alpha value is -3.36. The number of fused-ring (bicyclic) bond motifs is 2. The Labute approximate surface area is 295 Å². The molecule has 0 aliphatic carbocycles. The summed E-state index contributed by atoms with van der Waals surface area (Å²) in [5.74, 6) is -0.109. The van der Waals surface area contributed by atoms with Crippen LogP contribution in [0.2, 0.25) is 10.0 Å². The predicted molar refractivity (Wildman–Crippen MR) is 197 cm³/mol. The third-order valence-electron chi connectivity index (χ3n) is 10.3. The second kappa shape index (κ2) is 13.9. The number of amides is 1. The van der Waals surface area contributed by atoms with Crippen molar-refractivity contribution in [2.45, 2.75) is 50.5 Å². The second-order valence-corrected chi connectivity index (χ2v) is 16.3. The van der Waals surface area contributed by atoms with Crippen molar-refractivity contribution in [3.05, 3.63) is 134 Å². The Morgan fingerprint density at radius 1 is 0.854 bits per heavy atom. The molecule has 0 radical (unpaired) electrons. The molecule has 2 aliphatic heterocycles. The molecule has 9 heteroatoms. The van der Waals surface area contributed by atoms with E-state index >= 15 is 0 Å². The number of sulfonamides is 1. The van der Waals surface area contributed by atoms with Gasteiger partial charge in [0.15, 0.2) is 0 Å². The Morgan fingerprint density at radius 2 is 1.50 bits per heavy atom. The third kappa shape index (κ3) is 7.02. The molecule has 1 amide bonds. The number of nitrogens with zero attached hydrogens (tertiary/aromatic N) is 3. The van der Waals surface area contributed by atoms with E-state index in [9.17, 15) is 13.2 Å². The maximum atomic E-state index is 14.2. The Balaban J connectivity index is 1.29. The number of likely N-dealkylation sites (tertiary alicyclic amines) is 1. The van der Waals surface area contributed by atoms with Gasteiger partial charge in [-0.2, -0.15) is 0 Å². The number of hydrogen-bond donors (Lipinski definition) is 0. The lowest BCUT2D eigenvalue weighted by Crippen LogP contribution is -2.46. The van der Waals surface area contributed by atoms with E-state index in [1.165, 1.54) is 6.26 Å². The highest BCUT2D eigenvalue weighted by Crippen LogP contribution is 2.48. The number of piperidine rings is 1. The number of anilines is 1. The molecule has 2 aliphatic rings. The van der Waals surface area contributed by atoms with Gasteiger partial charge in [0.05, 0.1) is 28.0 Å². The van der Waals surface area contributed by atoms with E-state index in [0.717, 1.165) is 72.4 Å². The highest BCUT2D eigenvalue weighted by atomic mass is 35.5. The molecule has 4 aromatic rings. The molecular formula is C39H43Cl2N3O3S. The van der Waals surface area contributed by atoms with Crippen molar-refractivity contribution >= 4 is 44.8 Å². The molecule has 0 saturated carbocycles. The van der Waals surface area contributed by atoms with Crippen LogP contribution in [-0.2, 0) is 15.4 Å². The van der Waals surface area contributed by atoms with Gasteiger partial charge in [-0.05, 0) is 99.8 Å². The van der Waals surface area contributed by atoms with Gasteiger partial charge in [0.1, 0.15) is 0 Å². The average Bonchev–Trinajstić information content (AvgIpc) is 3.39. The summed E-state index contributed by atoms with van der Waals surface area (Å²) in [6.07, 6.45) is 3.83. The highest BCUT2D eigenvalue weighted by molar-refractivity contribution is 7.92. The number of halogens is 2. The van der Waals surface area contributed by atoms with Gasteiger partial charge in [0.25, 0.3) is 5.91 Å². The van der Waals surface area contributed by atoms with Crippen LogP contribution in [-0.4, -0.2) is 63.6 Å². The maximum Gasteiger partial charge on any atom is 0.254 e. The van der Waals surface area contributed by atoms with Crippen molar-refractivity contribution in [3.63, 3.8) is 0 Å². The van der Waals surface area contributed by atoms with Crippen molar-refractivity contribution in [2.24, 2.45) is 0 Å². The van der Waals surface area contributed by atoms with Crippen molar-refractivity contribution in [1.82, 2.24) is 9.80 Å². The summed E-state index contributed by atoms with van der Waals surface area (Å²) in [6.45, 7) is 7.05. The lowest BCUT2D eigenvalue weighted by molar-refractivity contribution is 0.0692. The Kier molecular flexibility index (Phi) is 9.97. The average molecular weight is 705 g/mol. The summed E-state index contributed by atoms with van der Waals surface area (Å²) in [5.41, 5.74) is 6.62. The lowest BCUT2D eigenvalue weighted by atomic mass is 9.74. The zero-order valence-electron chi connectivity index (χ0n) is 28.0. The normalized spacial score (nSPS) is 17.2. The molecular weight excluding hydrogens is 661 g/mol. The first-order valence-corrected chi connectivity index (χ1v) is 19.1. The number of para-hydroxylation sites is 1. The number of carbonyl (C=O) groups is 1. The van der Waals surface area contributed by atoms with Gasteiger partial charge in [-0.3, -0.25) is 9.10 Å². The summed E-state index contributed by atoms with van der Waals surface area (Å²) in [4.78, 5) is 18.6. The van der Waals surface area contributed by atoms with E-state index in [2.05, 4.69) is 29.2 Å². The quantitative estimate of drug-likeness (QED) is 0.176. The molecule has 6 nitrogen and oxygen atoms in total. The molecule has 0 aromatic heterocycles. The molecule has 1 spiro atoms. The van der Waals surface area contributed by atoms with Crippen LogP contribution in [0, 0.1) is 13.8 Å². The van der Waals surface area contributed by atoms with Gasteiger partial charge in [-0.15, -0.1) is 0 Å². The molecule has 1 saturated heterocycles. The van der Waals surface area contributed by atoms with Gasteiger partial charge in [0, 0.05) is 30.5 Å². The standard InChI is InChI=1S/C39H43Cl2N3O3S/c1-27-22-28(2)24-31(23-27)38(45)42(3)37(29-10-6-5-7-11-29)32(30-14-15-34(40)35(41)25-30)16-19-43-20-17-39(18-21-43)26-44(48(4,46)47)36-13-9-8-12-33(36)39/h5-15,22-25,32,37H,16-21,26H2,1-4H3. The molecule has 1 fully saturated rings. The molecule has 2 unspecified atom stereocenters. The predicted octanol–water partition coefficient (Wildman–Crippen LogP) is 8.41. The first-order valence-electron chi connectivity index (χ1n) is 16.5. The largest absolute Gasteiger partial charge is 0.334 e. The van der Waals surface area contributed by atoms with Gasteiger partial charge >= 0.3 is 0 Å². The van der Waals surface area contributed by atoms with Crippen molar-refractivity contribution in [3.8, 4) is 0 Å². The van der Waals surface area contributed by atoms with E-state index in [4.69, 9.17) is 23.2 Å². The molecule has 48 heavy (non-hydrogen) atoms. The molecule has 2 atom stereocenters. The van der Waals surface area contributed by atoms with Crippen LogP contribution in [0.5, 0.6) is 0 Å². The number of hydrogen-bond acceptors (Lipinski definition) is 4. The van der Waals surface area contributed by atoms with Gasteiger partial charge in [0.2, 0.25) is 10.0 Å². The van der Waals surface area contributed by atoms with Gasteiger partial charge in [-0.1, -0.05) is 95.0 Å². The van der Waals surface area contributed by atoms with Crippen LogP contribution in [0.3, 0.4) is 0 Å². The Bertz CT molecular complexity index is 1890. The second-order valence-electron chi connectivity index (χ2n) is 13.6. The smallest absolute Gasteiger partial charge is 0.254 e. The number of aryl methyl sites for hydroxylation is 2. The molecule has 0 bridgehead atoms. The van der Waals surface area contributed by atoms with Crippen LogP contribution in [0.1, 0.15) is 69.4 Å². The van der Waals surface area contributed by atoms with Gasteiger partial charge in [-0.25, -0.2) is 8.42 Å². The van der Waals surface area contributed by atoms with Gasteiger partial charge < -0.3 is 9.80 Å². The lowest BCUT2D eigenvalue weighted by Gasteiger charge is -2.41. The number of rotatable bonds is 9. The minimum absolute atomic E-state index is 0.0315. The Morgan fingerprint density at radius 3 is 2.15 bits per heavy atom. The van der Waals surface area contributed by atoms with Crippen LogP contribution in [0.4, 0.5) is 5.69 Å². The van der Waals surface area contributed by atoms with E-state index in [1.807, 2.05) is 92.5 Å². The summed E-state index contributed by atoms with van der Waals surface area (Å²) in [6, 6.07) is 29.7. The van der Waals surface area contributed by atoms with Crippen LogP contribution in [0.15, 0.2) is 91.0 Å². The topological polar surface area (TPSA) is 60.9 Å². The SMILES string of the molecule is Cc1cc(C)cc(C(=O)N(C)C(c2ccccc2)C(CCN2CCC3(CC2)CN(S(C)(=O)=O)c2ccccc23)c2ccc(Cl)c(Cl)c2)c1. The molecule has 0 N–H and O–H groups in total. The minimum atomic E-state index is -3.37.